The fourth-order valence-electron chi connectivity index (χ4n) is 8.32. The van der Waals surface area contributed by atoms with Gasteiger partial charge in [-0.05, 0) is 149 Å². The number of unbranched alkanes of at least 4 members (excludes halogenated alkanes) is 4. The Bertz CT molecular complexity index is 2550. The van der Waals surface area contributed by atoms with E-state index >= 15 is 0 Å². The SMILES string of the molecule is COC(=O)[C@H](CCCCN)NC(=O)[C@H](CCCCN)NC(=O)COc1cc2oc3cc(OCC(=O)N[C@@H](CCCCN)C(=O)N[C@@H](CCCCN)C(=O)OC)c(CO)c(CC=C(C)C)c3c(=O)c2c(O)c1CC=C(C)C. The van der Waals surface area contributed by atoms with Gasteiger partial charge in [-0.15, -0.1) is 0 Å². The van der Waals surface area contributed by atoms with E-state index in [-0.39, 0.29) is 83.1 Å². The van der Waals surface area contributed by atoms with Crippen molar-refractivity contribution in [3.05, 3.63) is 62.3 Å². The number of carbonyl (C=O) groups excluding carboxylic acids is 6. The van der Waals surface area contributed by atoms with E-state index in [0.717, 1.165) is 11.1 Å². The van der Waals surface area contributed by atoms with Crippen LogP contribution in [0.15, 0.2) is 44.6 Å². The highest BCUT2D eigenvalue weighted by molar-refractivity contribution is 5.98. The van der Waals surface area contributed by atoms with Gasteiger partial charge in [0.05, 0.1) is 26.2 Å². The molecule has 1 heterocycles. The number of hydrogen-bond donors (Lipinski definition) is 10. The normalized spacial score (nSPS) is 12.7. The Morgan fingerprint density at radius 3 is 1.33 bits per heavy atom. The minimum Gasteiger partial charge on any atom is -0.507 e. The zero-order chi connectivity index (χ0) is 56.3. The number of carbonyl (C=O) groups is 6. The van der Waals surface area contributed by atoms with Gasteiger partial charge in [0.15, 0.2) is 13.2 Å². The number of aliphatic hydroxyl groups is 1. The Balaban J connectivity index is 2.10. The maximum atomic E-state index is 14.8. The highest BCUT2D eigenvalue weighted by atomic mass is 16.5. The molecule has 3 aromatic rings. The topological polar surface area (TPSA) is 362 Å². The summed E-state index contributed by atoms with van der Waals surface area (Å²) in [7, 11) is 2.43. The molecule has 0 saturated heterocycles. The number of hydrogen-bond acceptors (Lipinski definition) is 18. The summed E-state index contributed by atoms with van der Waals surface area (Å²) in [5.74, 6) is -4.46. The number of fused-ring (bicyclic) bond motifs is 2. The molecule has 22 nitrogen and oxygen atoms in total. The molecule has 422 valence electrons. The fourth-order valence-corrected chi connectivity index (χ4v) is 8.32. The number of phenols is 1. The fraction of sp³-hybridized carbons (Fsp3) is 0.574. The highest BCUT2D eigenvalue weighted by Gasteiger charge is 2.30. The first-order valence-electron chi connectivity index (χ1n) is 26.0. The average molecular weight is 1070 g/mol. The molecular formula is C54H82N8O14. The molecule has 76 heavy (non-hydrogen) atoms. The summed E-state index contributed by atoms with van der Waals surface area (Å²) in [6.45, 7) is 6.95. The van der Waals surface area contributed by atoms with E-state index in [1.54, 1.807) is 6.08 Å². The third kappa shape index (κ3) is 19.5. The average Bonchev–Trinajstić information content (AvgIpc) is 3.39. The van der Waals surface area contributed by atoms with Crippen LogP contribution in [0.1, 0.15) is 121 Å². The predicted molar refractivity (Wildman–Crippen MR) is 288 cm³/mol. The summed E-state index contributed by atoms with van der Waals surface area (Å²) in [5.41, 5.74) is 24.2. The lowest BCUT2D eigenvalue weighted by Gasteiger charge is -2.23. The maximum Gasteiger partial charge on any atom is 0.328 e. The number of phenolic OH excluding ortho intramolecular Hbond substituents is 1. The lowest BCUT2D eigenvalue weighted by Crippen LogP contribution is -2.52. The van der Waals surface area contributed by atoms with E-state index in [9.17, 15) is 43.8 Å². The van der Waals surface area contributed by atoms with Crippen molar-refractivity contribution in [2.75, 3.05) is 53.6 Å². The maximum absolute atomic E-state index is 14.8. The molecule has 0 aliphatic rings. The van der Waals surface area contributed by atoms with Crippen LogP contribution >= 0.6 is 0 Å². The molecule has 0 spiro atoms. The third-order valence-electron chi connectivity index (χ3n) is 12.5. The first kappa shape index (κ1) is 63.7. The van der Waals surface area contributed by atoms with E-state index in [4.69, 9.17) is 46.3 Å². The number of rotatable bonds is 35. The van der Waals surface area contributed by atoms with Crippen LogP contribution in [0.2, 0.25) is 0 Å². The van der Waals surface area contributed by atoms with Crippen LogP contribution in [0.25, 0.3) is 21.9 Å². The van der Waals surface area contributed by atoms with E-state index in [1.165, 1.54) is 26.4 Å². The number of aliphatic hydroxyl groups excluding tert-OH is 1. The molecule has 4 atom stereocenters. The van der Waals surface area contributed by atoms with Gasteiger partial charge in [0.2, 0.25) is 17.2 Å². The second-order valence-electron chi connectivity index (χ2n) is 19.0. The van der Waals surface area contributed by atoms with Crippen LogP contribution in [0, 0.1) is 0 Å². The minimum absolute atomic E-state index is 0.0154. The van der Waals surface area contributed by atoms with Crippen LogP contribution in [0.4, 0.5) is 0 Å². The van der Waals surface area contributed by atoms with Crippen LogP contribution in [-0.2, 0) is 57.7 Å². The molecule has 0 bridgehead atoms. The summed E-state index contributed by atoms with van der Waals surface area (Å²) in [4.78, 5) is 94.4. The molecule has 1 aromatic heterocycles. The summed E-state index contributed by atoms with van der Waals surface area (Å²) in [5, 5.41) is 33.5. The molecule has 2 aromatic carbocycles. The molecular weight excluding hydrogens is 985 g/mol. The number of nitrogens with one attached hydrogen (secondary N) is 4. The number of methoxy groups -OCH3 is 2. The largest absolute Gasteiger partial charge is 0.507 e. The van der Waals surface area contributed by atoms with Crippen molar-refractivity contribution in [2.45, 2.75) is 148 Å². The Hall–Kier alpha value is -6.59. The van der Waals surface area contributed by atoms with Gasteiger partial charge in [0, 0.05) is 23.3 Å². The predicted octanol–water partition coefficient (Wildman–Crippen LogP) is 2.72. The number of ether oxygens (including phenoxy) is 4. The smallest absolute Gasteiger partial charge is 0.328 e. The first-order chi connectivity index (χ1) is 36.4. The van der Waals surface area contributed by atoms with Gasteiger partial charge in [-0.3, -0.25) is 24.0 Å². The summed E-state index contributed by atoms with van der Waals surface area (Å²) in [6, 6.07) is -1.40. The Labute approximate surface area is 444 Å². The molecule has 3 rings (SSSR count). The molecule has 0 aliphatic heterocycles. The molecule has 22 heteroatoms. The molecule has 0 saturated carbocycles. The van der Waals surface area contributed by atoms with E-state index in [0.29, 0.717) is 83.1 Å². The second kappa shape index (κ2) is 33.4. The van der Waals surface area contributed by atoms with Gasteiger partial charge in [0.25, 0.3) is 11.8 Å². The van der Waals surface area contributed by atoms with Crippen molar-refractivity contribution in [2.24, 2.45) is 22.9 Å². The van der Waals surface area contributed by atoms with Gasteiger partial charge < -0.3 is 77.8 Å². The first-order valence-corrected chi connectivity index (χ1v) is 26.0. The number of aromatic hydroxyl groups is 1. The van der Waals surface area contributed by atoms with E-state index in [1.807, 2.05) is 33.8 Å². The minimum atomic E-state index is -1.09. The molecule has 0 radical (unpaired) electrons. The van der Waals surface area contributed by atoms with Gasteiger partial charge in [-0.1, -0.05) is 23.3 Å². The van der Waals surface area contributed by atoms with Gasteiger partial charge in [-0.25, -0.2) is 9.59 Å². The summed E-state index contributed by atoms with van der Waals surface area (Å²) < 4.78 is 28.3. The van der Waals surface area contributed by atoms with E-state index in [2.05, 4.69) is 21.3 Å². The molecule has 0 fully saturated rings. The third-order valence-corrected chi connectivity index (χ3v) is 12.5. The van der Waals surface area contributed by atoms with Crippen molar-refractivity contribution < 1.29 is 62.3 Å². The molecule has 0 aliphatic carbocycles. The van der Waals surface area contributed by atoms with Crippen molar-refractivity contribution in [3.63, 3.8) is 0 Å². The van der Waals surface area contributed by atoms with Crippen LogP contribution in [0.3, 0.4) is 0 Å². The molecule has 14 N–H and O–H groups in total. The van der Waals surface area contributed by atoms with Gasteiger partial charge in [0.1, 0.15) is 58.0 Å². The van der Waals surface area contributed by atoms with Crippen LogP contribution < -0.4 is 59.1 Å². The lowest BCUT2D eigenvalue weighted by atomic mass is 9.95. The lowest BCUT2D eigenvalue weighted by molar-refractivity contribution is -0.146. The zero-order valence-corrected chi connectivity index (χ0v) is 45.1. The van der Waals surface area contributed by atoms with Crippen molar-refractivity contribution in [1.82, 2.24) is 21.3 Å². The Kier molecular flexibility index (Phi) is 28.0. The van der Waals surface area contributed by atoms with Crippen LogP contribution in [-0.4, -0.2) is 124 Å². The van der Waals surface area contributed by atoms with Crippen molar-refractivity contribution >= 4 is 57.5 Å². The second-order valence-corrected chi connectivity index (χ2v) is 19.0. The van der Waals surface area contributed by atoms with E-state index < -0.39 is 90.7 Å². The number of esters is 2. The summed E-state index contributed by atoms with van der Waals surface area (Å²) in [6.07, 6.45) is 9.13. The van der Waals surface area contributed by atoms with Crippen molar-refractivity contribution in [3.8, 4) is 17.2 Å². The van der Waals surface area contributed by atoms with Gasteiger partial charge >= 0.3 is 11.9 Å². The number of amides is 4. The Morgan fingerprint density at radius 2 is 0.947 bits per heavy atom. The highest BCUT2D eigenvalue weighted by Crippen LogP contribution is 2.39. The molecule has 0 unspecified atom stereocenters. The van der Waals surface area contributed by atoms with Crippen LogP contribution in [0.5, 0.6) is 17.2 Å². The van der Waals surface area contributed by atoms with Gasteiger partial charge in [-0.2, -0.15) is 0 Å². The summed E-state index contributed by atoms with van der Waals surface area (Å²) >= 11 is 0. The standard InChI is InChI=1S/C54H82N8O14/c1-32(2)19-21-34-36(29-63)42(75-31-46(65)60-38(16-8-12-24-56)52(69)62-40(54(71)73-6)18-10-14-26-58)28-43-47(34)50(67)48-44(76-43)27-41(35(49(48)66)22-20-33(3)4)74-30-45(64)59-37(15-7-11-23-55)51(68)61-39(53(70)72-5)17-9-13-25-57/h19-20,27-28,37-40,63,66H,7-18,21-26,29-31,55-58H2,1-6H3,(H,59,64)(H,60,65)(H,61,68)(H,62,69)/t37-,38-,39-,40-/m0/s1. The monoisotopic (exact) mass is 1070 g/mol. The Morgan fingerprint density at radius 1 is 0.566 bits per heavy atom. The number of benzene rings is 2. The quantitative estimate of drug-likeness (QED) is 0.0175. The number of nitrogens with two attached hydrogens (primary N) is 4. The molecule has 4 amide bonds. The van der Waals surface area contributed by atoms with Crippen molar-refractivity contribution in [1.29, 1.82) is 0 Å². The zero-order valence-electron chi connectivity index (χ0n) is 45.1. The number of allylic oxidation sites excluding steroid dienone is 4.